The molecule has 0 saturated carbocycles. The van der Waals surface area contributed by atoms with Crippen LogP contribution in [0.25, 0.3) is 0 Å². The van der Waals surface area contributed by atoms with Crippen molar-refractivity contribution in [1.29, 1.82) is 0 Å². The topological polar surface area (TPSA) is 130 Å². The van der Waals surface area contributed by atoms with Crippen LogP contribution in [0.3, 0.4) is 0 Å². The number of hydrogen-bond acceptors (Lipinski definition) is 6. The summed E-state index contributed by atoms with van der Waals surface area (Å²) in [6.07, 6.45) is -0.225. The van der Waals surface area contributed by atoms with Gasteiger partial charge in [0.05, 0.1) is 12.0 Å². The van der Waals surface area contributed by atoms with Crippen LogP contribution in [0.4, 0.5) is 5.69 Å². The zero-order chi connectivity index (χ0) is 18.5. The smallest absolute Gasteiger partial charge is 0.338 e. The minimum absolute atomic E-state index is 0.0231. The first kappa shape index (κ1) is 19.1. The van der Waals surface area contributed by atoms with E-state index in [1.165, 1.54) is 18.2 Å². The summed E-state index contributed by atoms with van der Waals surface area (Å²) in [5.74, 6) is -3.30. The Balaban J connectivity index is 3.06. The summed E-state index contributed by atoms with van der Waals surface area (Å²) >= 11 is 0. The lowest BCUT2D eigenvalue weighted by atomic mass is 10.1. The van der Waals surface area contributed by atoms with Gasteiger partial charge in [-0.05, 0) is 39.0 Å². The normalized spacial score (nSPS) is 12.1. The molecule has 0 heterocycles. The highest BCUT2D eigenvalue weighted by atomic mass is 16.6. The number of rotatable bonds is 7. The quantitative estimate of drug-likeness (QED) is 0.507. The standard InChI is InChI=1S/C16H19NO7/c1-16(2,3)24-15(23)9-4-5-11(10(6-9)8-18)17-12(14(21)22)7-13(19)20/h4-6,8,12,17H,7H2,1-3H3,(H,19,20)(H,21,22)/t12-/m0/s1. The van der Waals surface area contributed by atoms with Crippen LogP contribution in [0.2, 0.25) is 0 Å². The number of carboxylic acid groups (broad SMARTS) is 2. The largest absolute Gasteiger partial charge is 0.481 e. The van der Waals surface area contributed by atoms with Gasteiger partial charge in [-0.3, -0.25) is 9.59 Å². The van der Waals surface area contributed by atoms with E-state index in [4.69, 9.17) is 14.9 Å². The minimum Gasteiger partial charge on any atom is -0.481 e. The lowest BCUT2D eigenvalue weighted by Gasteiger charge is -2.20. The molecule has 130 valence electrons. The van der Waals surface area contributed by atoms with Gasteiger partial charge in [-0.25, -0.2) is 9.59 Å². The fourth-order valence-corrected chi connectivity index (χ4v) is 1.82. The number of carbonyl (C=O) groups is 4. The monoisotopic (exact) mass is 337 g/mol. The van der Waals surface area contributed by atoms with Gasteiger partial charge in [-0.2, -0.15) is 0 Å². The molecule has 1 atom stereocenters. The van der Waals surface area contributed by atoms with Crippen LogP contribution < -0.4 is 5.32 Å². The van der Waals surface area contributed by atoms with Gasteiger partial charge in [0, 0.05) is 11.3 Å². The van der Waals surface area contributed by atoms with Gasteiger partial charge in [-0.15, -0.1) is 0 Å². The number of carboxylic acids is 2. The van der Waals surface area contributed by atoms with Gasteiger partial charge in [0.1, 0.15) is 11.6 Å². The Hall–Kier alpha value is -2.90. The van der Waals surface area contributed by atoms with Gasteiger partial charge >= 0.3 is 17.9 Å². The molecular formula is C16H19NO7. The van der Waals surface area contributed by atoms with Crippen molar-refractivity contribution in [2.24, 2.45) is 0 Å². The van der Waals surface area contributed by atoms with Crippen molar-refractivity contribution in [2.75, 3.05) is 5.32 Å². The Kier molecular flexibility index (Phi) is 6.05. The number of nitrogens with one attached hydrogen (secondary N) is 1. The lowest BCUT2D eigenvalue weighted by molar-refractivity contribution is -0.144. The average molecular weight is 337 g/mol. The summed E-state index contributed by atoms with van der Waals surface area (Å²) in [5.41, 5.74) is -0.436. The van der Waals surface area contributed by atoms with Crippen LogP contribution in [0.5, 0.6) is 0 Å². The zero-order valence-electron chi connectivity index (χ0n) is 13.5. The second-order valence-corrected chi connectivity index (χ2v) is 6.05. The lowest BCUT2D eigenvalue weighted by Crippen LogP contribution is -2.32. The zero-order valence-corrected chi connectivity index (χ0v) is 13.5. The Morgan fingerprint density at radius 2 is 1.88 bits per heavy atom. The molecule has 0 radical (unpaired) electrons. The van der Waals surface area contributed by atoms with Crippen LogP contribution in [0, 0.1) is 0 Å². The van der Waals surface area contributed by atoms with E-state index in [9.17, 15) is 19.2 Å². The summed E-state index contributed by atoms with van der Waals surface area (Å²) < 4.78 is 5.19. The molecule has 0 bridgehead atoms. The number of ether oxygens (including phenoxy) is 1. The number of aldehydes is 1. The minimum atomic E-state index is -1.41. The number of anilines is 1. The second-order valence-electron chi connectivity index (χ2n) is 6.05. The molecule has 0 aliphatic heterocycles. The summed E-state index contributed by atoms with van der Waals surface area (Å²) in [6.45, 7) is 5.10. The summed E-state index contributed by atoms with van der Waals surface area (Å²) in [4.78, 5) is 45.0. The fraction of sp³-hybridized carbons (Fsp3) is 0.375. The Labute approximate surface area is 138 Å². The van der Waals surface area contributed by atoms with E-state index >= 15 is 0 Å². The molecule has 0 spiro atoms. The first-order valence-electron chi connectivity index (χ1n) is 7.07. The number of aliphatic carboxylic acids is 2. The van der Waals surface area contributed by atoms with E-state index in [0.29, 0.717) is 6.29 Å². The number of carbonyl (C=O) groups excluding carboxylic acids is 2. The fourth-order valence-electron chi connectivity index (χ4n) is 1.82. The van der Waals surface area contributed by atoms with Crippen LogP contribution in [-0.2, 0) is 14.3 Å². The van der Waals surface area contributed by atoms with Crippen molar-refractivity contribution >= 4 is 29.9 Å². The molecule has 0 aromatic heterocycles. The maximum absolute atomic E-state index is 12.0. The van der Waals surface area contributed by atoms with Crippen LogP contribution in [0.1, 0.15) is 47.9 Å². The third-order valence-corrected chi connectivity index (χ3v) is 2.82. The molecule has 0 fully saturated rings. The van der Waals surface area contributed by atoms with E-state index in [1.54, 1.807) is 20.8 Å². The first-order chi connectivity index (χ1) is 11.0. The second kappa shape index (κ2) is 7.58. The van der Waals surface area contributed by atoms with Crippen molar-refractivity contribution < 1.29 is 34.1 Å². The average Bonchev–Trinajstić information content (AvgIpc) is 2.44. The summed E-state index contributed by atoms with van der Waals surface area (Å²) in [6, 6.07) is 2.54. The Bertz CT molecular complexity index is 661. The summed E-state index contributed by atoms with van der Waals surface area (Å²) in [5, 5.41) is 20.2. The van der Waals surface area contributed by atoms with E-state index < -0.39 is 36.0 Å². The van der Waals surface area contributed by atoms with Gasteiger partial charge in [0.2, 0.25) is 0 Å². The van der Waals surface area contributed by atoms with E-state index in [0.717, 1.165) is 0 Å². The molecule has 0 amide bonds. The van der Waals surface area contributed by atoms with Crippen LogP contribution in [0.15, 0.2) is 18.2 Å². The van der Waals surface area contributed by atoms with Gasteiger partial charge in [0.15, 0.2) is 6.29 Å². The van der Waals surface area contributed by atoms with Crippen molar-refractivity contribution in [3.63, 3.8) is 0 Å². The number of esters is 1. The van der Waals surface area contributed by atoms with Gasteiger partial charge in [0.25, 0.3) is 0 Å². The summed E-state index contributed by atoms with van der Waals surface area (Å²) in [7, 11) is 0. The molecule has 1 aromatic carbocycles. The molecule has 0 unspecified atom stereocenters. The van der Waals surface area contributed by atoms with E-state index in [-0.39, 0.29) is 16.8 Å². The van der Waals surface area contributed by atoms with Crippen LogP contribution in [-0.4, -0.2) is 46.1 Å². The van der Waals surface area contributed by atoms with E-state index in [2.05, 4.69) is 5.32 Å². The molecule has 0 saturated heterocycles. The Morgan fingerprint density at radius 1 is 1.25 bits per heavy atom. The maximum atomic E-state index is 12.0. The molecule has 24 heavy (non-hydrogen) atoms. The SMILES string of the molecule is CC(C)(C)OC(=O)c1ccc(N[C@@H](CC(=O)O)C(=O)O)c(C=O)c1. The van der Waals surface area contributed by atoms with Crippen LogP contribution >= 0.6 is 0 Å². The predicted octanol–water partition coefficient (Wildman–Crippen LogP) is 1.79. The molecule has 1 aromatic rings. The van der Waals surface area contributed by atoms with Crippen molar-refractivity contribution in [3.8, 4) is 0 Å². The molecule has 0 aliphatic carbocycles. The van der Waals surface area contributed by atoms with Gasteiger partial charge in [-0.1, -0.05) is 0 Å². The van der Waals surface area contributed by atoms with Crippen molar-refractivity contribution in [2.45, 2.75) is 38.8 Å². The Morgan fingerprint density at radius 3 is 2.33 bits per heavy atom. The van der Waals surface area contributed by atoms with Crippen molar-refractivity contribution in [3.05, 3.63) is 29.3 Å². The molecule has 3 N–H and O–H groups in total. The first-order valence-corrected chi connectivity index (χ1v) is 7.07. The third kappa shape index (κ3) is 5.71. The number of benzene rings is 1. The molecule has 1 rings (SSSR count). The van der Waals surface area contributed by atoms with Crippen molar-refractivity contribution in [1.82, 2.24) is 0 Å². The molecule has 0 aliphatic rings. The predicted molar refractivity (Wildman–Crippen MR) is 84.3 cm³/mol. The van der Waals surface area contributed by atoms with E-state index in [1.807, 2.05) is 0 Å². The highest BCUT2D eigenvalue weighted by molar-refractivity contribution is 5.95. The highest BCUT2D eigenvalue weighted by Crippen LogP contribution is 2.20. The third-order valence-electron chi connectivity index (χ3n) is 2.82. The maximum Gasteiger partial charge on any atom is 0.338 e. The number of hydrogen-bond donors (Lipinski definition) is 3. The molecule has 8 nitrogen and oxygen atoms in total. The molecular weight excluding hydrogens is 318 g/mol. The molecule has 8 heteroatoms. The highest BCUT2D eigenvalue weighted by Gasteiger charge is 2.23. The van der Waals surface area contributed by atoms with Gasteiger partial charge < -0.3 is 20.3 Å².